The van der Waals surface area contributed by atoms with Crippen LogP contribution in [0.5, 0.6) is 0 Å². The molecular formula is C51H43NO. The van der Waals surface area contributed by atoms with Crippen molar-refractivity contribution in [3.8, 4) is 22.3 Å². The van der Waals surface area contributed by atoms with E-state index >= 15 is 0 Å². The van der Waals surface area contributed by atoms with Crippen molar-refractivity contribution in [2.45, 2.75) is 69.6 Å². The molecule has 7 aromatic rings. The van der Waals surface area contributed by atoms with Crippen LogP contribution in [0.2, 0.25) is 0 Å². The van der Waals surface area contributed by atoms with Crippen LogP contribution in [0.4, 0.5) is 17.1 Å². The van der Waals surface area contributed by atoms with Crippen LogP contribution in [0.1, 0.15) is 81.2 Å². The summed E-state index contributed by atoms with van der Waals surface area (Å²) >= 11 is 0. The number of hydrogen-bond donors (Lipinski definition) is 0. The van der Waals surface area contributed by atoms with Gasteiger partial charge in [-0.2, -0.15) is 0 Å². The lowest BCUT2D eigenvalue weighted by atomic mass is 9.12. The van der Waals surface area contributed by atoms with E-state index in [0.717, 1.165) is 34.6 Å². The van der Waals surface area contributed by atoms with Crippen LogP contribution in [0, 0.1) is 23.2 Å². The fraction of sp³-hybridized carbons (Fsp3) is 0.294. The molecule has 0 amide bonds. The van der Waals surface area contributed by atoms with Gasteiger partial charge in [0.15, 0.2) is 5.58 Å². The minimum Gasteiger partial charge on any atom is -0.454 e. The van der Waals surface area contributed by atoms with E-state index in [1.807, 2.05) is 0 Å². The molecule has 2 unspecified atom stereocenters. The maximum absolute atomic E-state index is 7.11. The number of furan rings is 1. The van der Waals surface area contributed by atoms with Gasteiger partial charge in [-0.15, -0.1) is 0 Å². The fourth-order valence-electron chi connectivity index (χ4n) is 13.9. The predicted octanol–water partition coefficient (Wildman–Crippen LogP) is 13.4. The second-order valence-electron chi connectivity index (χ2n) is 18.6. The number of rotatable bonds is 4. The molecule has 258 valence electrons. The summed E-state index contributed by atoms with van der Waals surface area (Å²) in [5.41, 5.74) is 18.7. The summed E-state index contributed by atoms with van der Waals surface area (Å²) in [4.78, 5) is 2.52. The second kappa shape index (κ2) is 9.16. The van der Waals surface area contributed by atoms with E-state index in [0.29, 0.717) is 10.8 Å². The highest BCUT2D eigenvalue weighted by Gasteiger charge is 2.87. The Morgan fingerprint density at radius 3 is 1.66 bits per heavy atom. The molecule has 0 saturated heterocycles. The topological polar surface area (TPSA) is 16.4 Å². The van der Waals surface area contributed by atoms with Crippen molar-refractivity contribution in [2.24, 2.45) is 23.2 Å². The molecule has 13 rings (SSSR count). The van der Waals surface area contributed by atoms with Crippen molar-refractivity contribution < 1.29 is 4.42 Å². The molecule has 6 aliphatic rings. The summed E-state index contributed by atoms with van der Waals surface area (Å²) in [6.07, 6.45) is 5.66. The number of fused-ring (bicyclic) bond motifs is 9. The summed E-state index contributed by atoms with van der Waals surface area (Å²) < 4.78 is 7.11. The first-order valence-electron chi connectivity index (χ1n) is 20.0. The number of hydrogen-bond acceptors (Lipinski definition) is 2. The SMILES string of the molecule is CC1(C)c2ccccc2-c2ccc(N(c3ccc4c(c3)C(C)(C)c3ccccc3-4)c3ccc(C45CC6CC7CC(C4)C765)c4c3oc3ccccc34)cc21. The molecule has 4 fully saturated rings. The van der Waals surface area contributed by atoms with Gasteiger partial charge in [0, 0.05) is 38.4 Å². The minimum absolute atomic E-state index is 0.101. The first-order valence-corrected chi connectivity index (χ1v) is 20.0. The maximum atomic E-state index is 7.11. The first-order chi connectivity index (χ1) is 25.7. The van der Waals surface area contributed by atoms with Crippen molar-refractivity contribution in [3.63, 3.8) is 0 Å². The molecule has 4 saturated carbocycles. The average Bonchev–Trinajstić information content (AvgIpc) is 3.72. The van der Waals surface area contributed by atoms with Crippen LogP contribution in [-0.4, -0.2) is 0 Å². The predicted molar refractivity (Wildman–Crippen MR) is 217 cm³/mol. The monoisotopic (exact) mass is 685 g/mol. The summed E-state index contributed by atoms with van der Waals surface area (Å²) in [5, 5.41) is 2.62. The van der Waals surface area contributed by atoms with E-state index in [1.165, 1.54) is 92.3 Å². The van der Waals surface area contributed by atoms with Gasteiger partial charge in [0.1, 0.15) is 5.58 Å². The van der Waals surface area contributed by atoms with E-state index in [9.17, 15) is 0 Å². The van der Waals surface area contributed by atoms with Crippen LogP contribution in [0.25, 0.3) is 44.2 Å². The molecule has 0 aliphatic heterocycles. The summed E-state index contributed by atoms with van der Waals surface area (Å²) in [5.74, 6) is 2.84. The quantitative estimate of drug-likeness (QED) is 0.183. The molecule has 1 spiro atoms. The molecule has 2 atom stereocenters. The lowest BCUT2D eigenvalue weighted by molar-refractivity contribution is -0.394. The van der Waals surface area contributed by atoms with Crippen LogP contribution < -0.4 is 4.90 Å². The van der Waals surface area contributed by atoms with Gasteiger partial charge in [0.05, 0.1) is 5.69 Å². The standard InChI is InChI=1S/C51H43NO/c1-48(2)39-14-8-5-11-34(39)36-19-17-32(25-42(36)48)52(33-18-20-37-35-12-6-9-15-40(35)49(3,4)43(37)26-33)44-22-21-41(46-38-13-7-10-16-45(38)53-47(44)46)50-27-30-23-29-24-31(28-50)51(29,30)50/h5-22,25-26,29-31H,23-24,27-28H2,1-4H3. The number of benzene rings is 6. The molecule has 1 heterocycles. The van der Waals surface area contributed by atoms with Gasteiger partial charge >= 0.3 is 0 Å². The molecule has 53 heavy (non-hydrogen) atoms. The molecule has 2 nitrogen and oxygen atoms in total. The van der Waals surface area contributed by atoms with Gasteiger partial charge in [-0.25, -0.2) is 0 Å². The van der Waals surface area contributed by atoms with E-state index in [2.05, 4.69) is 154 Å². The summed E-state index contributed by atoms with van der Waals surface area (Å²) in [6.45, 7) is 9.55. The fourth-order valence-corrected chi connectivity index (χ4v) is 13.9. The van der Waals surface area contributed by atoms with Crippen molar-refractivity contribution in [2.75, 3.05) is 4.90 Å². The molecular weight excluding hydrogens is 643 g/mol. The first kappa shape index (κ1) is 29.4. The van der Waals surface area contributed by atoms with Crippen molar-refractivity contribution >= 4 is 39.0 Å². The normalized spacial score (nSPS) is 28.0. The number of anilines is 3. The molecule has 2 heteroatoms. The smallest absolute Gasteiger partial charge is 0.159 e. The molecule has 6 aromatic carbocycles. The third-order valence-electron chi connectivity index (χ3n) is 16.1. The largest absolute Gasteiger partial charge is 0.454 e. The Morgan fingerprint density at radius 2 is 1.08 bits per heavy atom. The van der Waals surface area contributed by atoms with Crippen molar-refractivity contribution in [3.05, 3.63) is 149 Å². The van der Waals surface area contributed by atoms with E-state index in [1.54, 1.807) is 5.56 Å². The Morgan fingerprint density at radius 1 is 0.528 bits per heavy atom. The molecule has 6 aliphatic carbocycles. The third kappa shape index (κ3) is 3.13. The Kier molecular flexibility index (Phi) is 5.08. The van der Waals surface area contributed by atoms with Gasteiger partial charge in [-0.1, -0.05) is 113 Å². The number of para-hydroxylation sites is 1. The average molecular weight is 686 g/mol. The van der Waals surface area contributed by atoms with Crippen LogP contribution in [-0.2, 0) is 16.2 Å². The van der Waals surface area contributed by atoms with Gasteiger partial charge in [0.25, 0.3) is 0 Å². The van der Waals surface area contributed by atoms with E-state index in [-0.39, 0.29) is 10.8 Å². The Bertz CT molecular complexity index is 2660. The zero-order chi connectivity index (χ0) is 35.2. The van der Waals surface area contributed by atoms with Crippen molar-refractivity contribution in [1.82, 2.24) is 0 Å². The molecule has 0 radical (unpaired) electrons. The molecule has 0 N–H and O–H groups in total. The minimum atomic E-state index is -0.101. The van der Waals surface area contributed by atoms with Crippen LogP contribution >= 0.6 is 0 Å². The van der Waals surface area contributed by atoms with E-state index < -0.39 is 0 Å². The van der Waals surface area contributed by atoms with Crippen molar-refractivity contribution in [1.29, 1.82) is 0 Å². The lowest BCUT2D eigenvalue weighted by Gasteiger charge is -2.91. The van der Waals surface area contributed by atoms with Gasteiger partial charge in [0.2, 0.25) is 0 Å². The zero-order valence-corrected chi connectivity index (χ0v) is 31.0. The highest BCUT2D eigenvalue weighted by atomic mass is 16.3. The Balaban J connectivity index is 1.07. The lowest BCUT2D eigenvalue weighted by Crippen LogP contribution is -2.87. The number of nitrogens with zero attached hydrogens (tertiary/aromatic N) is 1. The zero-order valence-electron chi connectivity index (χ0n) is 31.0. The Labute approximate surface area is 311 Å². The highest BCUT2D eigenvalue weighted by molar-refractivity contribution is 6.13. The van der Waals surface area contributed by atoms with Crippen LogP contribution in [0.3, 0.4) is 0 Å². The van der Waals surface area contributed by atoms with Gasteiger partial charge < -0.3 is 9.32 Å². The third-order valence-corrected chi connectivity index (χ3v) is 16.1. The highest BCUT2D eigenvalue weighted by Crippen LogP contribution is 2.93. The Hall–Kier alpha value is -5.08. The second-order valence-corrected chi connectivity index (χ2v) is 18.6. The van der Waals surface area contributed by atoms with Gasteiger partial charge in [-0.05, 0) is 135 Å². The maximum Gasteiger partial charge on any atom is 0.159 e. The van der Waals surface area contributed by atoms with Crippen LogP contribution in [0.15, 0.2) is 126 Å². The summed E-state index contributed by atoms with van der Waals surface area (Å²) in [7, 11) is 0. The summed E-state index contributed by atoms with van der Waals surface area (Å²) in [6, 6.07) is 46.1. The molecule has 1 aromatic heterocycles. The van der Waals surface area contributed by atoms with E-state index in [4.69, 9.17) is 4.42 Å². The van der Waals surface area contributed by atoms with Gasteiger partial charge in [-0.3, -0.25) is 0 Å². The molecule has 0 bridgehead atoms.